The zero-order valence-electron chi connectivity index (χ0n) is 12.9. The molecule has 0 unspecified atom stereocenters. The van der Waals surface area contributed by atoms with Crippen LogP contribution in [0.1, 0.15) is 11.5 Å². The van der Waals surface area contributed by atoms with Crippen LogP contribution in [-0.4, -0.2) is 24.7 Å². The van der Waals surface area contributed by atoms with Gasteiger partial charge in [0, 0.05) is 5.02 Å². The van der Waals surface area contributed by atoms with E-state index in [9.17, 15) is 9.59 Å². The molecule has 0 aliphatic carbocycles. The van der Waals surface area contributed by atoms with E-state index in [2.05, 4.69) is 20.2 Å². The fourth-order valence-electron chi connectivity index (χ4n) is 2.64. The summed E-state index contributed by atoms with van der Waals surface area (Å²) in [6.45, 7) is 0. The van der Waals surface area contributed by atoms with Crippen molar-refractivity contribution in [1.29, 1.82) is 0 Å². The number of aromatic nitrogens is 5. The molecule has 2 heterocycles. The van der Waals surface area contributed by atoms with Gasteiger partial charge in [0.05, 0.1) is 23.1 Å². The fourth-order valence-corrected chi connectivity index (χ4v) is 2.77. The predicted molar refractivity (Wildman–Crippen MR) is 94.4 cm³/mol. The molecule has 0 amide bonds. The Kier molecular flexibility index (Phi) is 3.70. The van der Waals surface area contributed by atoms with Crippen molar-refractivity contribution in [3.8, 4) is 5.69 Å². The van der Waals surface area contributed by atoms with Crippen molar-refractivity contribution in [2.75, 3.05) is 0 Å². The number of fused-ring (bicyclic) bond motifs is 1. The molecular formula is C17H12ClN5O2. The molecule has 2 aromatic carbocycles. The zero-order valence-corrected chi connectivity index (χ0v) is 13.6. The summed E-state index contributed by atoms with van der Waals surface area (Å²) in [4.78, 5) is 31.6. The molecule has 0 bridgehead atoms. The maximum absolute atomic E-state index is 12.3. The Bertz CT molecular complexity index is 1170. The summed E-state index contributed by atoms with van der Waals surface area (Å²) < 4.78 is 1.40. The fraction of sp³-hybridized carbons (Fsp3) is 0.0588. The molecule has 0 aliphatic rings. The number of nitrogens with one attached hydrogen (secondary N) is 2. The molecule has 0 saturated carbocycles. The maximum atomic E-state index is 12.3. The molecular weight excluding hydrogens is 342 g/mol. The molecule has 0 fully saturated rings. The molecule has 8 heteroatoms. The molecule has 2 N–H and O–H groups in total. The molecule has 0 aliphatic heterocycles. The monoisotopic (exact) mass is 353 g/mol. The van der Waals surface area contributed by atoms with Crippen LogP contribution in [0.2, 0.25) is 5.02 Å². The summed E-state index contributed by atoms with van der Waals surface area (Å²) in [5.74, 6) is 0.389. The first-order chi connectivity index (χ1) is 12.1. The summed E-state index contributed by atoms with van der Waals surface area (Å²) in [6.07, 6.45) is 0.113. The molecule has 2 aromatic heterocycles. The normalized spacial score (nSPS) is 11.1. The smallest absolute Gasteiger partial charge is 0.319 e. The van der Waals surface area contributed by atoms with Crippen molar-refractivity contribution in [2.24, 2.45) is 0 Å². The van der Waals surface area contributed by atoms with Crippen LogP contribution in [0.25, 0.3) is 16.7 Å². The Labute approximate surface area is 145 Å². The topological polar surface area (TPSA) is 96.4 Å². The van der Waals surface area contributed by atoms with Crippen LogP contribution in [0.15, 0.2) is 58.1 Å². The third-order valence-electron chi connectivity index (χ3n) is 3.82. The maximum Gasteiger partial charge on any atom is 0.347 e. The lowest BCUT2D eigenvalue weighted by atomic mass is 10.2. The van der Waals surface area contributed by atoms with Crippen LogP contribution in [0.5, 0.6) is 0 Å². The average molecular weight is 354 g/mol. The van der Waals surface area contributed by atoms with E-state index in [1.807, 2.05) is 18.2 Å². The van der Waals surface area contributed by atoms with Gasteiger partial charge in [-0.1, -0.05) is 23.7 Å². The highest BCUT2D eigenvalue weighted by Gasteiger charge is 2.14. The number of nitrogens with zero attached hydrogens (tertiary/aromatic N) is 3. The van der Waals surface area contributed by atoms with E-state index in [4.69, 9.17) is 11.6 Å². The van der Waals surface area contributed by atoms with Gasteiger partial charge in [-0.15, -0.1) is 0 Å². The van der Waals surface area contributed by atoms with Crippen molar-refractivity contribution >= 4 is 22.6 Å². The SMILES string of the molecule is O=c1[nH]c2ccccc2nc1Cc1n[nH]c(=O)n1-c1ccc(Cl)cc1. The highest BCUT2D eigenvalue weighted by Crippen LogP contribution is 2.14. The van der Waals surface area contributed by atoms with Crippen molar-refractivity contribution in [3.05, 3.63) is 85.9 Å². The minimum Gasteiger partial charge on any atom is -0.319 e. The number of para-hydroxylation sites is 2. The number of halogens is 1. The number of aromatic amines is 2. The molecule has 4 rings (SSSR count). The Morgan fingerprint density at radius 3 is 2.60 bits per heavy atom. The number of benzene rings is 2. The van der Waals surface area contributed by atoms with Crippen molar-refractivity contribution in [1.82, 2.24) is 24.7 Å². The summed E-state index contributed by atoms with van der Waals surface area (Å²) in [5, 5.41) is 7.01. The highest BCUT2D eigenvalue weighted by molar-refractivity contribution is 6.30. The van der Waals surface area contributed by atoms with Gasteiger partial charge < -0.3 is 4.98 Å². The summed E-state index contributed by atoms with van der Waals surface area (Å²) in [5.41, 5.74) is 1.52. The van der Waals surface area contributed by atoms with Gasteiger partial charge in [-0.2, -0.15) is 5.10 Å². The van der Waals surface area contributed by atoms with Crippen LogP contribution in [-0.2, 0) is 6.42 Å². The number of H-pyrrole nitrogens is 2. The molecule has 4 aromatic rings. The van der Waals surface area contributed by atoms with Crippen LogP contribution < -0.4 is 11.2 Å². The lowest BCUT2D eigenvalue weighted by Gasteiger charge is -2.06. The first kappa shape index (κ1) is 15.3. The number of rotatable bonds is 3. The van der Waals surface area contributed by atoms with E-state index in [1.165, 1.54) is 4.57 Å². The third-order valence-corrected chi connectivity index (χ3v) is 4.07. The molecule has 124 valence electrons. The van der Waals surface area contributed by atoms with E-state index < -0.39 is 5.69 Å². The van der Waals surface area contributed by atoms with E-state index in [-0.39, 0.29) is 17.7 Å². The molecule has 0 saturated heterocycles. The van der Waals surface area contributed by atoms with Crippen molar-refractivity contribution < 1.29 is 0 Å². The van der Waals surface area contributed by atoms with Crippen LogP contribution >= 0.6 is 11.6 Å². The second kappa shape index (κ2) is 6.03. The van der Waals surface area contributed by atoms with E-state index in [0.29, 0.717) is 27.6 Å². The molecule has 7 nitrogen and oxygen atoms in total. The van der Waals surface area contributed by atoms with Crippen molar-refractivity contribution in [2.45, 2.75) is 6.42 Å². The zero-order chi connectivity index (χ0) is 17.4. The summed E-state index contributed by atoms with van der Waals surface area (Å²) in [7, 11) is 0. The second-order valence-electron chi connectivity index (χ2n) is 5.46. The molecule has 25 heavy (non-hydrogen) atoms. The van der Waals surface area contributed by atoms with E-state index in [0.717, 1.165) is 0 Å². The number of hydrogen-bond donors (Lipinski definition) is 2. The van der Waals surface area contributed by atoms with Gasteiger partial charge in [0.2, 0.25) is 0 Å². The molecule has 0 radical (unpaired) electrons. The van der Waals surface area contributed by atoms with Gasteiger partial charge in [-0.05, 0) is 36.4 Å². The van der Waals surface area contributed by atoms with Gasteiger partial charge in [-0.25, -0.2) is 19.4 Å². The quantitative estimate of drug-likeness (QED) is 0.589. The van der Waals surface area contributed by atoms with Crippen LogP contribution in [0.4, 0.5) is 0 Å². The van der Waals surface area contributed by atoms with Gasteiger partial charge in [0.1, 0.15) is 11.5 Å². The minimum absolute atomic E-state index is 0.113. The van der Waals surface area contributed by atoms with Crippen LogP contribution in [0.3, 0.4) is 0 Å². The Balaban J connectivity index is 1.80. The van der Waals surface area contributed by atoms with Gasteiger partial charge in [0.25, 0.3) is 5.56 Å². The number of hydrogen-bond acceptors (Lipinski definition) is 4. The Hall–Kier alpha value is -3.19. The minimum atomic E-state index is -0.394. The van der Waals surface area contributed by atoms with Gasteiger partial charge in [0.15, 0.2) is 0 Å². The van der Waals surface area contributed by atoms with Crippen molar-refractivity contribution in [3.63, 3.8) is 0 Å². The lowest BCUT2D eigenvalue weighted by Crippen LogP contribution is -2.20. The van der Waals surface area contributed by atoms with E-state index in [1.54, 1.807) is 30.3 Å². The van der Waals surface area contributed by atoms with Gasteiger partial charge >= 0.3 is 5.69 Å². The first-order valence-electron chi connectivity index (χ1n) is 7.52. The van der Waals surface area contributed by atoms with Gasteiger partial charge in [-0.3, -0.25) is 4.79 Å². The first-order valence-corrected chi connectivity index (χ1v) is 7.90. The van der Waals surface area contributed by atoms with E-state index >= 15 is 0 Å². The lowest BCUT2D eigenvalue weighted by molar-refractivity contribution is 0.866. The highest BCUT2D eigenvalue weighted by atomic mass is 35.5. The second-order valence-corrected chi connectivity index (χ2v) is 5.90. The summed E-state index contributed by atoms with van der Waals surface area (Å²) >= 11 is 5.89. The Morgan fingerprint density at radius 2 is 1.80 bits per heavy atom. The molecule has 0 spiro atoms. The Morgan fingerprint density at radius 1 is 1.04 bits per heavy atom. The summed E-state index contributed by atoms with van der Waals surface area (Å²) in [6, 6.07) is 14.0. The standard InChI is InChI=1S/C17H12ClN5O2/c18-10-5-7-11(8-6-10)23-15(21-22-17(23)25)9-14-16(24)20-13-4-2-1-3-12(13)19-14/h1-8H,9H2,(H,20,24)(H,22,25). The average Bonchev–Trinajstić information content (AvgIpc) is 2.97. The third kappa shape index (κ3) is 2.85. The predicted octanol–water partition coefficient (Wildman–Crippen LogP) is 2.04. The largest absolute Gasteiger partial charge is 0.347 e. The van der Waals surface area contributed by atoms with Crippen LogP contribution in [0, 0.1) is 0 Å². The molecule has 0 atom stereocenters.